The predicted octanol–water partition coefficient (Wildman–Crippen LogP) is 16.0. The van der Waals surface area contributed by atoms with Crippen molar-refractivity contribution in [3.8, 4) is 0 Å². The van der Waals surface area contributed by atoms with E-state index in [9.17, 15) is 67.7 Å². The van der Waals surface area contributed by atoms with Gasteiger partial charge in [-0.3, -0.25) is 28.8 Å². The molecule has 6 heterocycles. The molecule has 12 unspecified atom stereocenters. The van der Waals surface area contributed by atoms with Crippen LogP contribution in [-0.2, 0) is 76.2 Å². The van der Waals surface area contributed by atoms with Crippen LogP contribution >= 0.6 is 102 Å². The number of esters is 4. The lowest BCUT2D eigenvalue weighted by Crippen LogP contribution is -2.49. The highest BCUT2D eigenvalue weighted by Gasteiger charge is 2.57. The number of hydrogen-bond donors (Lipinski definition) is 2. The molecule has 0 aromatic heterocycles. The third-order valence-electron chi connectivity index (χ3n) is 20.6. The summed E-state index contributed by atoms with van der Waals surface area (Å²) < 4.78 is 16.7. The predicted molar refractivity (Wildman–Crippen MR) is 510 cm³/mol. The summed E-state index contributed by atoms with van der Waals surface area (Å²) in [7, 11) is 37.2. The maximum atomic E-state index is 12.1. The molecule has 0 saturated carbocycles. The van der Waals surface area contributed by atoms with Crippen LogP contribution in [0.1, 0.15) is 129 Å². The number of rotatable bonds is 12. The Bertz CT molecular complexity index is 4340. The molecule has 2 N–H and O–H groups in total. The molecular weight excluding hydrogens is 1810 g/mol. The fraction of sp³-hybridized carbons (Fsp3) is 0.435. The monoisotopic (exact) mass is 1910 g/mol. The number of benzene rings is 6. The van der Waals surface area contributed by atoms with E-state index in [4.69, 9.17) is 66.0 Å². The van der Waals surface area contributed by atoms with Crippen LogP contribution in [0.2, 0.25) is 0 Å². The standard InChI is InChI=1S/C14H16BNO3S.C13H13BBrNO3S.3C13H14BNO3S.C12H12BNO3S.2C2H6.CH3Br.2CH4/c1-9-4-6-10(7-5-9)14(2)11(12(17)19-3)16(8-20-14)13(15)18;1-13(8-3-5-9(15)6-4-8)10(11(17)19-2)16(7-20-13)12(14)18;1-8-3-5-9(6-4-8)13(2)10(11(16)17)15(7-19-13)12(14)18;2*1-13(9-6-4-3-5-7-9)10(11(16)18-2)15(8-19-13)12(14)17;1-12(8-5-3-2-4-6-8)9(10(15)16)14(7-18-12)11(13)17;3*1-2;;/h4-7,11H,8H2,1-3H3;3-6,10H,7H2,1-2H3;3-6,10H,7H2,1-2H3,(H,16,17);2*3-7,10H,8H2,1-2H3;2-6,9H,7H2,1H3,(H,15,16);2*1-2H3;1H3;2*1H4. The van der Waals surface area contributed by atoms with Gasteiger partial charge in [0.25, 0.3) is 0 Å². The molecular formula is C85H106B6Br2N6O18S6. The van der Waals surface area contributed by atoms with Crippen molar-refractivity contribution >= 4 is 220 Å². The van der Waals surface area contributed by atoms with Crippen LogP contribution in [0.3, 0.4) is 0 Å². The van der Waals surface area contributed by atoms with Gasteiger partial charge in [-0.1, -0.05) is 237 Å². The van der Waals surface area contributed by atoms with Gasteiger partial charge in [0, 0.05) is 4.47 Å². The minimum absolute atomic E-state index is 0. The molecule has 12 rings (SSSR count). The third-order valence-corrected chi connectivity index (χ3v) is 29.9. The Balaban J connectivity index is 0.000000492. The molecule has 12 atom stereocenters. The van der Waals surface area contributed by atoms with E-state index in [2.05, 4.69) is 31.9 Å². The Hall–Kier alpha value is -7.59. The van der Waals surface area contributed by atoms with E-state index < -0.39 is 135 Å². The number of carbonyl (C=O) groups excluding carboxylic acids is 10. The molecule has 0 spiro atoms. The summed E-state index contributed by atoms with van der Waals surface area (Å²) in [4.78, 5) is 148. The first-order valence-electron chi connectivity index (χ1n) is 37.6. The first-order valence-corrected chi connectivity index (χ1v) is 45.8. The molecule has 6 aliphatic heterocycles. The average Bonchev–Trinajstić information content (AvgIpc) is 1.68. The summed E-state index contributed by atoms with van der Waals surface area (Å²) in [5.74, 6) is -3.84. The summed E-state index contributed by atoms with van der Waals surface area (Å²) in [5.41, 5.74) is 7.89. The van der Waals surface area contributed by atoms with Crippen LogP contribution in [0.15, 0.2) is 168 Å². The molecule has 24 nitrogen and oxygen atoms in total. The maximum Gasteiger partial charge on any atom is 0.330 e. The molecule has 6 saturated heterocycles. The minimum Gasteiger partial charge on any atom is -0.480 e. The number of carbonyl (C=O) groups is 12. The summed E-state index contributed by atoms with van der Waals surface area (Å²) in [6, 6.07) is 47.0. The van der Waals surface area contributed by atoms with E-state index in [0.29, 0.717) is 23.5 Å². The Labute approximate surface area is 775 Å². The Morgan fingerprint density at radius 1 is 0.309 bits per heavy atom. The summed E-state index contributed by atoms with van der Waals surface area (Å²) in [6.45, 7) is 23.4. The van der Waals surface area contributed by atoms with E-state index in [-0.39, 0.29) is 26.6 Å². The molecule has 6 aromatic carbocycles. The lowest BCUT2D eigenvalue weighted by molar-refractivity contribution is -0.147. The first-order chi connectivity index (χ1) is 57.1. The number of thioether (sulfide) groups is 6. The van der Waals surface area contributed by atoms with Crippen LogP contribution in [0.5, 0.6) is 0 Å². The van der Waals surface area contributed by atoms with Crippen LogP contribution in [0.4, 0.5) is 28.8 Å². The Kier molecular flexibility index (Phi) is 45.9. The number of alkyl halides is 1. The van der Waals surface area contributed by atoms with Gasteiger partial charge in [-0.2, -0.15) is 0 Å². The molecule has 6 fully saturated rings. The smallest absolute Gasteiger partial charge is 0.330 e. The van der Waals surface area contributed by atoms with Gasteiger partial charge in [-0.25, -0.2) is 28.8 Å². The quantitative estimate of drug-likeness (QED) is 0.0498. The SMILES string of the molecule is C.C.CBr.CC.CC.[B]C(=O)N1CSC(C)(c2ccc(Br)cc2)C1C(=O)OC.[B]C(=O)N1CSC(C)(c2ccc(C)cc2)C1C(=O)O.[B]C(=O)N1CSC(C)(c2ccc(C)cc2)C1C(=O)OC.[B]C(=O)N1CSC(C)(c2ccccc2)C1C(=O)O.[B]C(=O)N1CSC(C)(c2ccccc2)C1C(=O)OC.[B]C(=O)N1CSC(C)(c2ccccc2)C1C(=O)OC. The van der Waals surface area contributed by atoms with Gasteiger partial charge in [-0.15, -0.1) is 70.6 Å². The average molecular weight is 1920 g/mol. The van der Waals surface area contributed by atoms with Crippen molar-refractivity contribution in [1.82, 2.24) is 29.4 Å². The molecule has 6 aliphatic rings. The number of ether oxygens (including phenoxy) is 4. The van der Waals surface area contributed by atoms with E-state index in [0.717, 1.165) is 49.0 Å². The number of carboxylic acid groups (broad SMARTS) is 2. The second-order valence-corrected chi connectivity index (χ2v) is 36.9. The van der Waals surface area contributed by atoms with Crippen molar-refractivity contribution in [3.63, 3.8) is 0 Å². The largest absolute Gasteiger partial charge is 0.480 e. The van der Waals surface area contributed by atoms with Crippen LogP contribution in [0.25, 0.3) is 0 Å². The van der Waals surface area contributed by atoms with E-state index >= 15 is 0 Å². The number of methoxy groups -OCH3 is 4. The van der Waals surface area contributed by atoms with Crippen LogP contribution in [-0.4, -0.2) is 263 Å². The van der Waals surface area contributed by atoms with Crippen molar-refractivity contribution in [2.75, 3.05) is 69.5 Å². The van der Waals surface area contributed by atoms with Crippen LogP contribution < -0.4 is 0 Å². The number of halogens is 2. The molecule has 12 radical (unpaired) electrons. The number of nitrogens with zero attached hydrogens (tertiary/aromatic N) is 6. The normalized spacial score (nSPS) is 24.6. The summed E-state index contributed by atoms with van der Waals surface area (Å²) in [6.07, 6.45) is 0. The third kappa shape index (κ3) is 26.3. The zero-order valence-corrected chi connectivity index (χ0v) is 78.6. The van der Waals surface area contributed by atoms with Crippen molar-refractivity contribution in [1.29, 1.82) is 0 Å². The van der Waals surface area contributed by atoms with Gasteiger partial charge in [-0.05, 0) is 107 Å². The van der Waals surface area contributed by atoms with E-state index in [1.165, 1.54) is 128 Å². The number of amides is 6. The molecule has 123 heavy (non-hydrogen) atoms. The van der Waals surface area contributed by atoms with Gasteiger partial charge in [0.05, 0.1) is 92.2 Å². The van der Waals surface area contributed by atoms with Crippen molar-refractivity contribution in [2.24, 2.45) is 0 Å². The first kappa shape index (κ1) is 111. The van der Waals surface area contributed by atoms with E-state index in [1.807, 2.05) is 253 Å². The number of aliphatic carboxylic acids is 2. The van der Waals surface area contributed by atoms with Gasteiger partial charge < -0.3 is 58.6 Å². The fourth-order valence-corrected chi connectivity index (χ4v) is 22.4. The molecule has 652 valence electrons. The molecule has 6 aromatic rings. The van der Waals surface area contributed by atoms with Gasteiger partial charge in [0.2, 0.25) is 47.1 Å². The zero-order valence-electron chi connectivity index (χ0n) is 70.6. The van der Waals surface area contributed by atoms with Gasteiger partial charge >= 0.3 is 35.8 Å². The molecule has 0 bridgehead atoms. The van der Waals surface area contributed by atoms with Gasteiger partial charge in [0.1, 0.15) is 36.3 Å². The number of hydrogen-bond acceptors (Lipinski definition) is 22. The lowest BCUT2D eigenvalue weighted by Gasteiger charge is -2.32. The molecule has 0 aliphatic carbocycles. The summed E-state index contributed by atoms with van der Waals surface area (Å²) >= 11 is 15.2. The Morgan fingerprint density at radius 2 is 0.463 bits per heavy atom. The van der Waals surface area contributed by atoms with Crippen molar-refractivity contribution < 1.29 is 86.7 Å². The van der Waals surface area contributed by atoms with Gasteiger partial charge in [0.15, 0.2) is 34.8 Å². The maximum absolute atomic E-state index is 12.1. The Morgan fingerprint density at radius 3 is 0.626 bits per heavy atom. The van der Waals surface area contributed by atoms with Crippen molar-refractivity contribution in [3.05, 3.63) is 213 Å². The minimum atomic E-state index is -1.04. The van der Waals surface area contributed by atoms with Crippen LogP contribution in [0, 0.1) is 13.8 Å². The highest BCUT2D eigenvalue weighted by molar-refractivity contribution is 9.10. The highest BCUT2D eigenvalue weighted by Crippen LogP contribution is 2.53. The topological polar surface area (TPSA) is 302 Å². The molecule has 38 heteroatoms. The fourth-order valence-electron chi connectivity index (χ4n) is 14.0. The number of aryl methyl sites for hydroxylation is 2. The molecule has 6 amide bonds. The number of carboxylic acids is 2. The second kappa shape index (κ2) is 50.7. The highest BCUT2D eigenvalue weighted by atomic mass is 79.9. The summed E-state index contributed by atoms with van der Waals surface area (Å²) in [5, 5.41) is 18.8. The van der Waals surface area contributed by atoms with Crippen molar-refractivity contribution in [2.45, 2.75) is 163 Å². The van der Waals surface area contributed by atoms with E-state index in [1.54, 1.807) is 0 Å². The lowest BCUT2D eigenvalue weighted by atomic mass is 9.89. The second-order valence-electron chi connectivity index (χ2n) is 27.7. The zero-order chi connectivity index (χ0) is 91.5.